The molecule has 0 saturated carbocycles. The van der Waals surface area contributed by atoms with Crippen molar-refractivity contribution in [3.63, 3.8) is 0 Å². The average molecular weight is 198 g/mol. The SMILES string of the molecule is CC(=NOCC(=O)[O-])c1cccs1. The van der Waals surface area contributed by atoms with E-state index in [-0.39, 0.29) is 0 Å². The van der Waals surface area contributed by atoms with E-state index in [2.05, 4.69) is 9.99 Å². The van der Waals surface area contributed by atoms with Gasteiger partial charge in [-0.25, -0.2) is 0 Å². The van der Waals surface area contributed by atoms with Crippen LogP contribution in [0.2, 0.25) is 0 Å². The summed E-state index contributed by atoms with van der Waals surface area (Å²) in [6.45, 7) is 1.24. The zero-order valence-corrected chi connectivity index (χ0v) is 7.84. The van der Waals surface area contributed by atoms with Crippen LogP contribution in [0.1, 0.15) is 11.8 Å². The van der Waals surface area contributed by atoms with E-state index in [0.29, 0.717) is 5.71 Å². The number of carboxylic acid groups (broad SMARTS) is 1. The third-order valence-electron chi connectivity index (χ3n) is 1.26. The molecule has 0 unspecified atom stereocenters. The van der Waals surface area contributed by atoms with Crippen molar-refractivity contribution in [3.05, 3.63) is 22.4 Å². The maximum atomic E-state index is 9.96. The summed E-state index contributed by atoms with van der Waals surface area (Å²) in [5.74, 6) is -1.28. The molecular formula is C8H8NO3S-. The van der Waals surface area contributed by atoms with E-state index in [1.165, 1.54) is 11.3 Å². The van der Waals surface area contributed by atoms with E-state index >= 15 is 0 Å². The van der Waals surface area contributed by atoms with Crippen molar-refractivity contribution in [2.45, 2.75) is 6.92 Å². The first kappa shape index (κ1) is 9.73. The predicted molar refractivity (Wildman–Crippen MR) is 47.5 cm³/mol. The highest BCUT2D eigenvalue weighted by atomic mass is 32.1. The van der Waals surface area contributed by atoms with Crippen molar-refractivity contribution in [1.29, 1.82) is 0 Å². The van der Waals surface area contributed by atoms with Gasteiger partial charge in [0.25, 0.3) is 0 Å². The Balaban J connectivity index is 2.48. The fourth-order valence-corrected chi connectivity index (χ4v) is 1.38. The van der Waals surface area contributed by atoms with Crippen molar-refractivity contribution in [3.8, 4) is 0 Å². The Kier molecular flexibility index (Phi) is 3.45. The number of carboxylic acids is 1. The topological polar surface area (TPSA) is 61.7 Å². The number of rotatable bonds is 4. The van der Waals surface area contributed by atoms with E-state index in [1.54, 1.807) is 6.92 Å². The number of carbonyl (C=O) groups is 1. The van der Waals surface area contributed by atoms with Gasteiger partial charge in [-0.05, 0) is 18.4 Å². The minimum absolute atomic E-state index is 0.511. The number of aliphatic carboxylic acids is 1. The number of oxime groups is 1. The van der Waals surface area contributed by atoms with E-state index in [9.17, 15) is 9.90 Å². The molecule has 5 heteroatoms. The monoisotopic (exact) mass is 198 g/mol. The summed E-state index contributed by atoms with van der Waals surface area (Å²) in [5, 5.41) is 15.5. The lowest BCUT2D eigenvalue weighted by Gasteiger charge is -2.00. The molecule has 0 spiro atoms. The van der Waals surface area contributed by atoms with Gasteiger partial charge >= 0.3 is 0 Å². The van der Waals surface area contributed by atoms with Crippen molar-refractivity contribution in [1.82, 2.24) is 0 Å². The van der Waals surface area contributed by atoms with E-state index < -0.39 is 12.6 Å². The molecule has 0 aromatic carbocycles. The van der Waals surface area contributed by atoms with E-state index in [4.69, 9.17) is 0 Å². The molecular weight excluding hydrogens is 190 g/mol. The van der Waals surface area contributed by atoms with Gasteiger partial charge in [-0.3, -0.25) is 0 Å². The highest BCUT2D eigenvalue weighted by Gasteiger charge is 1.97. The molecule has 4 nitrogen and oxygen atoms in total. The first-order valence-corrected chi connectivity index (χ1v) is 4.48. The van der Waals surface area contributed by atoms with Crippen LogP contribution in [-0.2, 0) is 9.63 Å². The smallest absolute Gasteiger partial charge is 0.156 e. The van der Waals surface area contributed by atoms with Gasteiger partial charge in [0.1, 0.15) is 0 Å². The second-order valence-electron chi connectivity index (χ2n) is 2.30. The molecule has 0 saturated heterocycles. The molecule has 0 aliphatic rings. The van der Waals surface area contributed by atoms with E-state index in [1.807, 2.05) is 17.5 Å². The maximum Gasteiger partial charge on any atom is 0.156 e. The summed E-state index contributed by atoms with van der Waals surface area (Å²) in [4.78, 5) is 15.4. The molecule has 1 heterocycles. The van der Waals surface area contributed by atoms with Gasteiger partial charge in [-0.2, -0.15) is 0 Å². The van der Waals surface area contributed by atoms with Crippen LogP contribution in [0.4, 0.5) is 0 Å². The van der Waals surface area contributed by atoms with Gasteiger partial charge in [0, 0.05) is 0 Å². The molecule has 0 atom stereocenters. The Morgan fingerprint density at radius 2 is 2.54 bits per heavy atom. The second-order valence-corrected chi connectivity index (χ2v) is 3.25. The highest BCUT2D eigenvalue weighted by molar-refractivity contribution is 7.12. The summed E-state index contributed by atoms with van der Waals surface area (Å²) in [5.41, 5.74) is 0.663. The number of carbonyl (C=O) groups excluding carboxylic acids is 1. The largest absolute Gasteiger partial charge is 0.546 e. The van der Waals surface area contributed by atoms with Gasteiger partial charge in [0.2, 0.25) is 0 Å². The zero-order valence-electron chi connectivity index (χ0n) is 7.02. The zero-order chi connectivity index (χ0) is 9.68. The maximum absolute atomic E-state index is 9.96. The molecule has 0 aliphatic carbocycles. The fraction of sp³-hybridized carbons (Fsp3) is 0.250. The first-order valence-electron chi connectivity index (χ1n) is 3.60. The van der Waals surface area contributed by atoms with Crippen LogP contribution in [0.5, 0.6) is 0 Å². The van der Waals surface area contributed by atoms with Gasteiger partial charge in [-0.1, -0.05) is 11.2 Å². The molecule has 1 rings (SSSR count). The summed E-state index contributed by atoms with van der Waals surface area (Å²) in [7, 11) is 0. The van der Waals surface area contributed by atoms with Crippen LogP contribution in [0, 0.1) is 0 Å². The minimum Gasteiger partial charge on any atom is -0.546 e. The van der Waals surface area contributed by atoms with Gasteiger partial charge in [-0.15, -0.1) is 11.3 Å². The third kappa shape index (κ3) is 3.25. The van der Waals surface area contributed by atoms with Crippen LogP contribution in [-0.4, -0.2) is 18.3 Å². The summed E-state index contributed by atoms with van der Waals surface area (Å²) >= 11 is 1.52. The molecule has 13 heavy (non-hydrogen) atoms. The quantitative estimate of drug-likeness (QED) is 0.514. The number of hydrogen-bond acceptors (Lipinski definition) is 5. The van der Waals surface area contributed by atoms with Crippen molar-refractivity contribution >= 4 is 23.0 Å². The van der Waals surface area contributed by atoms with Crippen LogP contribution in [0.25, 0.3) is 0 Å². The predicted octanol–water partition coefficient (Wildman–Crippen LogP) is 0.239. The second kappa shape index (κ2) is 4.61. The Morgan fingerprint density at radius 1 is 1.77 bits per heavy atom. The van der Waals surface area contributed by atoms with Crippen molar-refractivity contribution < 1.29 is 14.7 Å². The lowest BCUT2D eigenvalue weighted by Crippen LogP contribution is -2.26. The Morgan fingerprint density at radius 3 is 3.08 bits per heavy atom. The molecule has 70 valence electrons. The standard InChI is InChI=1S/C8H9NO3S/c1-6(7-3-2-4-13-7)9-12-5-8(10)11/h2-4H,5H2,1H3,(H,10,11)/p-1. The van der Waals surface area contributed by atoms with Gasteiger partial charge in [0.15, 0.2) is 6.61 Å². The van der Waals surface area contributed by atoms with Crippen LogP contribution in [0.3, 0.4) is 0 Å². The van der Waals surface area contributed by atoms with Gasteiger partial charge < -0.3 is 14.7 Å². The summed E-state index contributed by atoms with van der Waals surface area (Å²) < 4.78 is 0. The minimum atomic E-state index is -1.28. The van der Waals surface area contributed by atoms with Crippen LogP contribution in [0.15, 0.2) is 22.7 Å². The number of hydrogen-bond donors (Lipinski definition) is 0. The molecule has 0 radical (unpaired) electrons. The van der Waals surface area contributed by atoms with Crippen molar-refractivity contribution in [2.75, 3.05) is 6.61 Å². The lowest BCUT2D eigenvalue weighted by molar-refractivity contribution is -0.309. The van der Waals surface area contributed by atoms with Gasteiger partial charge in [0.05, 0.1) is 16.6 Å². The van der Waals surface area contributed by atoms with Crippen molar-refractivity contribution in [2.24, 2.45) is 5.16 Å². The number of thiophene rings is 1. The Hall–Kier alpha value is -1.36. The lowest BCUT2D eigenvalue weighted by atomic mass is 10.3. The third-order valence-corrected chi connectivity index (χ3v) is 2.24. The normalized spacial score (nSPS) is 11.3. The molecule has 0 N–H and O–H groups in total. The number of nitrogens with zero attached hydrogens (tertiary/aromatic N) is 1. The molecule has 0 fully saturated rings. The molecule has 0 bridgehead atoms. The fourth-order valence-electron chi connectivity index (χ4n) is 0.711. The first-order chi connectivity index (χ1) is 6.20. The molecule has 0 amide bonds. The van der Waals surface area contributed by atoms with Crippen LogP contribution < -0.4 is 5.11 Å². The van der Waals surface area contributed by atoms with Crippen LogP contribution >= 0.6 is 11.3 Å². The Bertz CT molecular complexity index is 305. The molecule has 0 aliphatic heterocycles. The summed E-state index contributed by atoms with van der Waals surface area (Å²) in [6.07, 6.45) is 0. The summed E-state index contributed by atoms with van der Waals surface area (Å²) in [6, 6.07) is 3.77. The van der Waals surface area contributed by atoms with E-state index in [0.717, 1.165) is 4.88 Å². The molecule has 1 aromatic heterocycles. The Labute approximate surface area is 79.5 Å². The highest BCUT2D eigenvalue weighted by Crippen LogP contribution is 2.09. The average Bonchev–Trinajstić information content (AvgIpc) is 2.55. The molecule has 1 aromatic rings.